The molecule has 8 heteroatoms. The lowest BCUT2D eigenvalue weighted by Crippen LogP contribution is -2.30. The predicted molar refractivity (Wildman–Crippen MR) is 113 cm³/mol. The fourth-order valence-corrected chi connectivity index (χ4v) is 4.19. The number of nitrogens with one attached hydrogen (secondary N) is 1. The SMILES string of the molecule is COC[C@@H]1CN(C(=O)CCn2nc(C)cc2C)C[C@H]1c1nc(-c2ccccc2)n[nH]1. The average molecular weight is 409 g/mol. The fraction of sp³-hybridized carbons (Fsp3) is 0.455. The quantitative estimate of drug-likeness (QED) is 0.649. The van der Waals surface area contributed by atoms with E-state index in [4.69, 9.17) is 9.72 Å². The number of carbonyl (C=O) groups excluding carboxylic acids is 1. The van der Waals surface area contributed by atoms with Crippen LogP contribution in [0.5, 0.6) is 0 Å². The first-order chi connectivity index (χ1) is 14.5. The first kappa shape index (κ1) is 20.3. The zero-order valence-corrected chi connectivity index (χ0v) is 17.7. The highest BCUT2D eigenvalue weighted by atomic mass is 16.5. The van der Waals surface area contributed by atoms with Crippen LogP contribution in [-0.2, 0) is 16.1 Å². The van der Waals surface area contributed by atoms with Crippen LogP contribution in [-0.4, -0.2) is 62.6 Å². The van der Waals surface area contributed by atoms with E-state index in [0.29, 0.717) is 38.5 Å². The third-order valence-electron chi connectivity index (χ3n) is 5.70. The van der Waals surface area contributed by atoms with E-state index in [1.807, 2.05) is 59.8 Å². The number of carbonyl (C=O) groups is 1. The van der Waals surface area contributed by atoms with Crippen LogP contribution in [0.4, 0.5) is 0 Å². The highest BCUT2D eigenvalue weighted by Crippen LogP contribution is 2.32. The molecule has 8 nitrogen and oxygen atoms in total. The molecule has 1 saturated heterocycles. The summed E-state index contributed by atoms with van der Waals surface area (Å²) in [6.07, 6.45) is 0.431. The first-order valence-electron chi connectivity index (χ1n) is 10.3. The Bertz CT molecular complexity index is 996. The molecule has 1 aliphatic heterocycles. The van der Waals surface area contributed by atoms with Crippen LogP contribution in [0.2, 0.25) is 0 Å². The standard InChI is InChI=1S/C22H28N6O2/c1-15-11-16(2)28(26-15)10-9-20(29)27-12-18(14-30-3)19(13-27)22-23-21(24-25-22)17-7-5-4-6-8-17/h4-8,11,18-19H,9-10,12-14H2,1-3H3,(H,23,24,25)/t18-,19+/m0/s1. The minimum atomic E-state index is 0.0764. The van der Waals surface area contributed by atoms with Gasteiger partial charge in [-0.2, -0.15) is 10.2 Å². The topological polar surface area (TPSA) is 88.9 Å². The lowest BCUT2D eigenvalue weighted by atomic mass is 9.96. The molecular weight excluding hydrogens is 380 g/mol. The Morgan fingerprint density at radius 3 is 2.73 bits per heavy atom. The summed E-state index contributed by atoms with van der Waals surface area (Å²) in [5.41, 5.74) is 3.02. The highest BCUT2D eigenvalue weighted by Gasteiger charge is 2.38. The lowest BCUT2D eigenvalue weighted by Gasteiger charge is -2.16. The maximum absolute atomic E-state index is 12.9. The minimum Gasteiger partial charge on any atom is -0.384 e. The summed E-state index contributed by atoms with van der Waals surface area (Å²) in [7, 11) is 1.69. The van der Waals surface area contributed by atoms with Gasteiger partial charge in [0, 0.05) is 56.3 Å². The number of rotatable bonds is 7. The van der Waals surface area contributed by atoms with Crippen molar-refractivity contribution in [2.45, 2.75) is 32.7 Å². The minimum absolute atomic E-state index is 0.0764. The van der Waals surface area contributed by atoms with Crippen molar-refractivity contribution in [1.29, 1.82) is 0 Å². The number of aromatic nitrogens is 5. The third-order valence-corrected chi connectivity index (χ3v) is 5.70. The number of methoxy groups -OCH3 is 1. The van der Waals surface area contributed by atoms with Gasteiger partial charge in [0.2, 0.25) is 5.91 Å². The summed E-state index contributed by atoms with van der Waals surface area (Å²) in [5.74, 6) is 1.88. The Kier molecular flexibility index (Phi) is 5.94. The molecule has 2 aromatic heterocycles. The van der Waals surface area contributed by atoms with Gasteiger partial charge < -0.3 is 9.64 Å². The summed E-state index contributed by atoms with van der Waals surface area (Å²) in [6, 6.07) is 11.9. The van der Waals surface area contributed by atoms with Gasteiger partial charge in [0.15, 0.2) is 5.82 Å². The molecule has 0 spiro atoms. The van der Waals surface area contributed by atoms with Crippen molar-refractivity contribution in [3.8, 4) is 11.4 Å². The van der Waals surface area contributed by atoms with Crippen molar-refractivity contribution in [1.82, 2.24) is 29.9 Å². The molecule has 30 heavy (non-hydrogen) atoms. The van der Waals surface area contributed by atoms with E-state index in [-0.39, 0.29) is 17.7 Å². The normalized spacial score (nSPS) is 18.8. The number of benzene rings is 1. The molecule has 0 radical (unpaired) electrons. The Balaban J connectivity index is 1.44. The Hall–Kier alpha value is -3.00. The molecule has 158 valence electrons. The summed E-state index contributed by atoms with van der Waals surface area (Å²) < 4.78 is 7.33. The van der Waals surface area contributed by atoms with Gasteiger partial charge in [-0.15, -0.1) is 0 Å². The van der Waals surface area contributed by atoms with Crippen LogP contribution in [0.25, 0.3) is 11.4 Å². The number of ether oxygens (including phenoxy) is 1. The van der Waals surface area contributed by atoms with E-state index >= 15 is 0 Å². The van der Waals surface area contributed by atoms with Crippen LogP contribution in [0.1, 0.15) is 29.6 Å². The molecule has 0 unspecified atom stereocenters. The van der Waals surface area contributed by atoms with Crippen LogP contribution in [0, 0.1) is 19.8 Å². The molecular formula is C22H28N6O2. The number of amides is 1. The molecule has 2 atom stereocenters. The van der Waals surface area contributed by atoms with Gasteiger partial charge in [0.25, 0.3) is 0 Å². The van der Waals surface area contributed by atoms with E-state index in [1.165, 1.54) is 0 Å². The monoisotopic (exact) mass is 408 g/mol. The van der Waals surface area contributed by atoms with Gasteiger partial charge in [-0.05, 0) is 19.9 Å². The zero-order valence-electron chi connectivity index (χ0n) is 17.7. The third kappa shape index (κ3) is 4.28. The van der Waals surface area contributed by atoms with Crippen molar-refractivity contribution in [3.63, 3.8) is 0 Å². The number of aryl methyl sites for hydroxylation is 3. The molecule has 4 rings (SSSR count). The molecule has 1 amide bonds. The van der Waals surface area contributed by atoms with Crippen molar-refractivity contribution in [2.75, 3.05) is 26.8 Å². The Morgan fingerprint density at radius 1 is 1.23 bits per heavy atom. The van der Waals surface area contributed by atoms with Crippen molar-refractivity contribution in [2.24, 2.45) is 5.92 Å². The van der Waals surface area contributed by atoms with Crippen LogP contribution in [0.15, 0.2) is 36.4 Å². The smallest absolute Gasteiger partial charge is 0.224 e. The molecule has 1 N–H and O–H groups in total. The van der Waals surface area contributed by atoms with Gasteiger partial charge in [0.05, 0.1) is 12.3 Å². The molecule has 0 aliphatic carbocycles. The summed E-state index contributed by atoms with van der Waals surface area (Å²) in [4.78, 5) is 19.5. The van der Waals surface area contributed by atoms with E-state index in [2.05, 4.69) is 15.3 Å². The molecule has 1 aliphatic rings. The van der Waals surface area contributed by atoms with Gasteiger partial charge in [-0.25, -0.2) is 4.98 Å². The van der Waals surface area contributed by atoms with Gasteiger partial charge >= 0.3 is 0 Å². The van der Waals surface area contributed by atoms with Crippen molar-refractivity contribution < 1.29 is 9.53 Å². The maximum atomic E-state index is 12.9. The summed E-state index contributed by atoms with van der Waals surface area (Å²) >= 11 is 0. The lowest BCUT2D eigenvalue weighted by molar-refractivity contribution is -0.130. The van der Waals surface area contributed by atoms with Crippen molar-refractivity contribution in [3.05, 3.63) is 53.6 Å². The highest BCUT2D eigenvalue weighted by molar-refractivity contribution is 5.76. The Labute approximate surface area is 176 Å². The number of hydrogen-bond acceptors (Lipinski definition) is 5. The average Bonchev–Trinajstić information content (AvgIpc) is 3.45. The summed E-state index contributed by atoms with van der Waals surface area (Å²) in [5, 5.41) is 11.9. The van der Waals surface area contributed by atoms with Crippen LogP contribution in [0.3, 0.4) is 0 Å². The fourth-order valence-electron chi connectivity index (χ4n) is 4.19. The second-order valence-electron chi connectivity index (χ2n) is 7.93. The first-order valence-corrected chi connectivity index (χ1v) is 10.3. The van der Waals surface area contributed by atoms with Crippen LogP contribution < -0.4 is 0 Å². The number of hydrogen-bond donors (Lipinski definition) is 1. The largest absolute Gasteiger partial charge is 0.384 e. The zero-order chi connectivity index (χ0) is 21.1. The van der Waals surface area contributed by atoms with Crippen LogP contribution >= 0.6 is 0 Å². The van der Waals surface area contributed by atoms with E-state index < -0.39 is 0 Å². The van der Waals surface area contributed by atoms with E-state index in [0.717, 1.165) is 22.8 Å². The molecule has 1 fully saturated rings. The second-order valence-corrected chi connectivity index (χ2v) is 7.93. The maximum Gasteiger partial charge on any atom is 0.224 e. The number of aromatic amines is 1. The number of H-pyrrole nitrogens is 1. The molecule has 3 aromatic rings. The van der Waals surface area contributed by atoms with E-state index in [1.54, 1.807) is 7.11 Å². The number of nitrogens with zero attached hydrogens (tertiary/aromatic N) is 5. The van der Waals surface area contributed by atoms with Gasteiger partial charge in [-0.1, -0.05) is 30.3 Å². The molecule has 3 heterocycles. The molecule has 1 aromatic carbocycles. The van der Waals surface area contributed by atoms with Gasteiger partial charge in [0.1, 0.15) is 5.82 Å². The van der Waals surface area contributed by atoms with Gasteiger partial charge in [-0.3, -0.25) is 14.6 Å². The summed E-state index contributed by atoms with van der Waals surface area (Å²) in [6.45, 7) is 6.43. The predicted octanol–water partition coefficient (Wildman–Crippen LogP) is 2.56. The van der Waals surface area contributed by atoms with Crippen molar-refractivity contribution >= 4 is 5.91 Å². The Morgan fingerprint density at radius 2 is 2.03 bits per heavy atom. The second kappa shape index (κ2) is 8.79. The molecule has 0 bridgehead atoms. The molecule has 0 saturated carbocycles. The number of likely N-dealkylation sites (tertiary alicyclic amines) is 1. The van der Waals surface area contributed by atoms with E-state index in [9.17, 15) is 4.79 Å².